The van der Waals surface area contributed by atoms with E-state index in [4.69, 9.17) is 11.6 Å². The lowest BCUT2D eigenvalue weighted by molar-refractivity contribution is 0.576. The molecule has 108 valence electrons. The summed E-state index contributed by atoms with van der Waals surface area (Å²) in [4.78, 5) is 0. The van der Waals surface area contributed by atoms with Gasteiger partial charge in [-0.2, -0.15) is 0 Å². The van der Waals surface area contributed by atoms with Crippen molar-refractivity contribution >= 4 is 64.8 Å². The van der Waals surface area contributed by atoms with Crippen LogP contribution in [-0.4, -0.2) is 8.42 Å². The second kappa shape index (κ2) is 6.41. The van der Waals surface area contributed by atoms with Crippen molar-refractivity contribution in [1.29, 1.82) is 0 Å². The molecule has 0 bridgehead atoms. The van der Waals surface area contributed by atoms with E-state index in [1.54, 1.807) is 6.07 Å². The van der Waals surface area contributed by atoms with Gasteiger partial charge < -0.3 is 0 Å². The fourth-order valence-electron chi connectivity index (χ4n) is 1.38. The van der Waals surface area contributed by atoms with Crippen LogP contribution in [-0.2, 0) is 16.6 Å². The summed E-state index contributed by atoms with van der Waals surface area (Å²) in [6, 6.07) is 5.68. The number of benzene rings is 1. The highest BCUT2D eigenvalue weighted by molar-refractivity contribution is 9.11. The smallest absolute Gasteiger partial charge is 0.207 e. The van der Waals surface area contributed by atoms with Gasteiger partial charge in [-0.15, -0.1) is 11.3 Å². The van der Waals surface area contributed by atoms with Gasteiger partial charge in [-0.1, -0.05) is 27.5 Å². The first kappa shape index (κ1) is 16.4. The van der Waals surface area contributed by atoms with Gasteiger partial charge in [-0.3, -0.25) is 0 Å². The molecule has 1 heterocycles. The number of sulfonamides is 1. The quantitative estimate of drug-likeness (QED) is 0.724. The van der Waals surface area contributed by atoms with E-state index < -0.39 is 15.8 Å². The van der Waals surface area contributed by atoms with Crippen LogP contribution in [0.25, 0.3) is 0 Å². The first-order valence-electron chi connectivity index (χ1n) is 5.18. The standard InChI is InChI=1S/C11H7Br2ClFNO2S2/c12-7-1-2-9(15)6(3-7)5-16-20(17,18)10-4-8(14)11(13)19-10/h1-4,16H,5H2. The third-order valence-corrected chi connectivity index (χ3v) is 7.19. The van der Waals surface area contributed by atoms with Crippen LogP contribution in [0.4, 0.5) is 4.39 Å². The van der Waals surface area contributed by atoms with Crippen molar-refractivity contribution in [2.45, 2.75) is 10.8 Å². The molecule has 0 aliphatic carbocycles. The molecule has 3 nitrogen and oxygen atoms in total. The lowest BCUT2D eigenvalue weighted by Crippen LogP contribution is -2.22. The van der Waals surface area contributed by atoms with Crippen LogP contribution < -0.4 is 4.72 Å². The van der Waals surface area contributed by atoms with Gasteiger partial charge in [0.15, 0.2) is 0 Å². The van der Waals surface area contributed by atoms with E-state index in [0.29, 0.717) is 13.3 Å². The predicted octanol–water partition coefficient (Wildman–Crippen LogP) is 4.54. The second-order valence-electron chi connectivity index (χ2n) is 3.75. The fourth-order valence-corrected chi connectivity index (χ4v) is 5.24. The van der Waals surface area contributed by atoms with Crippen molar-refractivity contribution in [3.8, 4) is 0 Å². The Morgan fingerprint density at radius 3 is 2.60 bits per heavy atom. The van der Waals surface area contributed by atoms with Crippen LogP contribution >= 0.6 is 54.8 Å². The molecular formula is C11H7Br2ClFNO2S2. The average Bonchev–Trinajstić information content (AvgIpc) is 2.72. The summed E-state index contributed by atoms with van der Waals surface area (Å²) in [6.07, 6.45) is 0. The van der Waals surface area contributed by atoms with Crippen molar-refractivity contribution in [1.82, 2.24) is 4.72 Å². The minimum Gasteiger partial charge on any atom is -0.207 e. The number of halogens is 4. The van der Waals surface area contributed by atoms with E-state index in [1.165, 1.54) is 18.2 Å². The fraction of sp³-hybridized carbons (Fsp3) is 0.0909. The number of thiophene rings is 1. The minimum absolute atomic E-state index is 0.0739. The molecule has 2 aromatic rings. The largest absolute Gasteiger partial charge is 0.250 e. The molecule has 0 unspecified atom stereocenters. The maximum atomic E-state index is 13.5. The number of hydrogen-bond donors (Lipinski definition) is 1. The molecule has 0 saturated heterocycles. The molecule has 0 amide bonds. The van der Waals surface area contributed by atoms with Crippen LogP contribution in [0.15, 0.2) is 36.7 Å². The lowest BCUT2D eigenvalue weighted by atomic mass is 10.2. The first-order chi connectivity index (χ1) is 9.29. The maximum Gasteiger partial charge on any atom is 0.250 e. The monoisotopic (exact) mass is 461 g/mol. The topological polar surface area (TPSA) is 46.2 Å². The van der Waals surface area contributed by atoms with Gasteiger partial charge in [0.05, 0.1) is 8.81 Å². The molecule has 1 aromatic heterocycles. The van der Waals surface area contributed by atoms with Crippen LogP contribution in [0, 0.1) is 5.82 Å². The van der Waals surface area contributed by atoms with Crippen molar-refractivity contribution in [3.63, 3.8) is 0 Å². The van der Waals surface area contributed by atoms with Crippen molar-refractivity contribution < 1.29 is 12.8 Å². The highest BCUT2D eigenvalue weighted by atomic mass is 79.9. The maximum absolute atomic E-state index is 13.5. The van der Waals surface area contributed by atoms with E-state index in [0.717, 1.165) is 11.3 Å². The molecule has 0 saturated carbocycles. The van der Waals surface area contributed by atoms with E-state index in [-0.39, 0.29) is 16.3 Å². The Balaban J connectivity index is 2.19. The van der Waals surface area contributed by atoms with Gasteiger partial charge in [0.2, 0.25) is 10.0 Å². The summed E-state index contributed by atoms with van der Waals surface area (Å²) >= 11 is 13.2. The molecule has 0 spiro atoms. The molecule has 0 atom stereocenters. The minimum atomic E-state index is -3.72. The van der Waals surface area contributed by atoms with Gasteiger partial charge in [0.25, 0.3) is 0 Å². The molecule has 9 heteroatoms. The molecule has 20 heavy (non-hydrogen) atoms. The zero-order valence-corrected chi connectivity index (χ0v) is 15.2. The van der Waals surface area contributed by atoms with Crippen LogP contribution in [0.2, 0.25) is 5.02 Å². The summed E-state index contributed by atoms with van der Waals surface area (Å²) in [5.74, 6) is -0.471. The zero-order chi connectivity index (χ0) is 14.9. The van der Waals surface area contributed by atoms with Gasteiger partial charge in [-0.25, -0.2) is 17.5 Å². The second-order valence-corrected chi connectivity index (χ2v) is 9.43. The Labute approximate surface area is 141 Å². The lowest BCUT2D eigenvalue weighted by Gasteiger charge is -2.06. The average molecular weight is 464 g/mol. The van der Waals surface area contributed by atoms with Crippen molar-refractivity contribution in [3.05, 3.63) is 48.9 Å². The first-order valence-corrected chi connectivity index (χ1v) is 9.44. The highest BCUT2D eigenvalue weighted by Gasteiger charge is 2.19. The Morgan fingerprint density at radius 1 is 1.30 bits per heavy atom. The summed E-state index contributed by atoms with van der Waals surface area (Å²) in [5, 5.41) is 0.323. The van der Waals surface area contributed by atoms with E-state index in [2.05, 4.69) is 36.6 Å². The molecule has 0 radical (unpaired) electrons. The molecule has 0 aliphatic heterocycles. The summed E-state index contributed by atoms with van der Waals surface area (Å²) < 4.78 is 41.3. The third kappa shape index (κ3) is 3.80. The molecule has 1 aromatic carbocycles. The van der Waals surface area contributed by atoms with E-state index in [1.807, 2.05) is 0 Å². The Morgan fingerprint density at radius 2 is 2.00 bits per heavy atom. The molecular weight excluding hydrogens is 457 g/mol. The number of hydrogen-bond acceptors (Lipinski definition) is 3. The SMILES string of the molecule is O=S(=O)(NCc1cc(Br)ccc1F)c1cc(Cl)c(Br)s1. The third-order valence-electron chi connectivity index (χ3n) is 2.35. The zero-order valence-electron chi connectivity index (χ0n) is 9.66. The van der Waals surface area contributed by atoms with E-state index >= 15 is 0 Å². The highest BCUT2D eigenvalue weighted by Crippen LogP contribution is 2.34. The van der Waals surface area contributed by atoms with E-state index in [9.17, 15) is 12.8 Å². The molecule has 0 aliphatic rings. The normalized spacial score (nSPS) is 11.8. The molecule has 1 N–H and O–H groups in total. The summed E-state index contributed by atoms with van der Waals surface area (Å²) in [5.41, 5.74) is 0.254. The Kier molecular flexibility index (Phi) is 5.25. The number of nitrogens with one attached hydrogen (secondary N) is 1. The van der Waals surface area contributed by atoms with Gasteiger partial charge in [-0.05, 0) is 40.2 Å². The van der Waals surface area contributed by atoms with Crippen molar-refractivity contribution in [2.24, 2.45) is 0 Å². The van der Waals surface area contributed by atoms with Crippen molar-refractivity contribution in [2.75, 3.05) is 0 Å². The van der Waals surface area contributed by atoms with Gasteiger partial charge in [0, 0.05) is 16.6 Å². The summed E-state index contributed by atoms with van der Waals surface area (Å²) in [7, 11) is -3.72. The van der Waals surface area contributed by atoms with Gasteiger partial charge >= 0.3 is 0 Å². The van der Waals surface area contributed by atoms with Gasteiger partial charge in [0.1, 0.15) is 10.0 Å². The summed E-state index contributed by atoms with van der Waals surface area (Å²) in [6.45, 7) is -0.138. The predicted molar refractivity (Wildman–Crippen MR) is 85.2 cm³/mol. The van der Waals surface area contributed by atoms with Crippen LogP contribution in [0.5, 0.6) is 0 Å². The Bertz CT molecular complexity index is 729. The van der Waals surface area contributed by atoms with Crippen LogP contribution in [0.1, 0.15) is 5.56 Å². The van der Waals surface area contributed by atoms with Crippen LogP contribution in [0.3, 0.4) is 0 Å². The molecule has 2 rings (SSSR count). The molecule has 0 fully saturated rings. The number of rotatable bonds is 4. The Hall–Kier alpha value is 0.01000.